The normalized spacial score (nSPS) is 10.4. The highest BCUT2D eigenvalue weighted by atomic mass is 16.5. The van der Waals surface area contributed by atoms with Gasteiger partial charge < -0.3 is 15.6 Å². The van der Waals surface area contributed by atoms with E-state index in [2.05, 4.69) is 12.0 Å². The Kier molecular flexibility index (Phi) is 3.70. The first-order valence-corrected chi connectivity index (χ1v) is 5.93. The fraction of sp³-hybridized carbons (Fsp3) is 0.231. The first-order chi connectivity index (χ1) is 9.10. The van der Waals surface area contributed by atoms with Gasteiger partial charge in [0.2, 0.25) is 0 Å². The zero-order valence-corrected chi connectivity index (χ0v) is 10.5. The SMILES string of the molecule is CCCn1cc(Oc2ccc(C(=O)O)cc2N)cn1. The molecule has 0 fully saturated rings. The molecule has 0 amide bonds. The fourth-order valence-corrected chi connectivity index (χ4v) is 1.65. The van der Waals surface area contributed by atoms with Gasteiger partial charge >= 0.3 is 5.97 Å². The number of nitrogens with two attached hydrogens (primary N) is 1. The molecule has 0 unspecified atom stereocenters. The number of carboxylic acids is 1. The minimum Gasteiger partial charge on any atom is -0.478 e. The zero-order valence-electron chi connectivity index (χ0n) is 10.5. The molecule has 1 heterocycles. The molecule has 1 aromatic carbocycles. The summed E-state index contributed by atoms with van der Waals surface area (Å²) in [5.74, 6) is -0.0294. The number of aromatic carboxylic acids is 1. The molecule has 19 heavy (non-hydrogen) atoms. The second kappa shape index (κ2) is 5.43. The first-order valence-electron chi connectivity index (χ1n) is 5.93. The van der Waals surface area contributed by atoms with E-state index >= 15 is 0 Å². The molecule has 6 heteroatoms. The van der Waals surface area contributed by atoms with E-state index in [4.69, 9.17) is 15.6 Å². The Labute approximate surface area is 110 Å². The van der Waals surface area contributed by atoms with Crippen LogP contribution in [0.5, 0.6) is 11.5 Å². The molecule has 0 bridgehead atoms. The minimum absolute atomic E-state index is 0.131. The molecule has 0 spiro atoms. The fourth-order valence-electron chi connectivity index (χ4n) is 1.65. The molecule has 0 radical (unpaired) electrons. The van der Waals surface area contributed by atoms with E-state index in [0.29, 0.717) is 11.5 Å². The summed E-state index contributed by atoms with van der Waals surface area (Å²) in [6, 6.07) is 4.36. The van der Waals surface area contributed by atoms with Gasteiger partial charge in [-0.05, 0) is 24.6 Å². The summed E-state index contributed by atoms with van der Waals surface area (Å²) in [7, 11) is 0. The van der Waals surface area contributed by atoms with Crippen molar-refractivity contribution in [3.63, 3.8) is 0 Å². The van der Waals surface area contributed by atoms with Crippen molar-refractivity contribution in [1.82, 2.24) is 9.78 Å². The average Bonchev–Trinajstić information content (AvgIpc) is 2.79. The van der Waals surface area contributed by atoms with Crippen LogP contribution in [0, 0.1) is 0 Å². The number of hydrogen-bond donors (Lipinski definition) is 2. The number of nitrogens with zero attached hydrogens (tertiary/aromatic N) is 2. The van der Waals surface area contributed by atoms with Gasteiger partial charge in [-0.1, -0.05) is 6.92 Å². The van der Waals surface area contributed by atoms with Gasteiger partial charge in [0, 0.05) is 6.54 Å². The van der Waals surface area contributed by atoms with E-state index in [1.165, 1.54) is 18.2 Å². The first kappa shape index (κ1) is 12.9. The Balaban J connectivity index is 2.16. The highest BCUT2D eigenvalue weighted by Crippen LogP contribution is 2.27. The van der Waals surface area contributed by atoms with E-state index in [0.717, 1.165) is 13.0 Å². The van der Waals surface area contributed by atoms with Crippen LogP contribution < -0.4 is 10.5 Å². The highest BCUT2D eigenvalue weighted by Gasteiger charge is 2.08. The molecule has 0 aliphatic rings. The van der Waals surface area contributed by atoms with Gasteiger partial charge in [0.1, 0.15) is 0 Å². The van der Waals surface area contributed by atoms with Crippen LogP contribution in [0.15, 0.2) is 30.6 Å². The van der Waals surface area contributed by atoms with E-state index in [-0.39, 0.29) is 11.3 Å². The van der Waals surface area contributed by atoms with Crippen molar-refractivity contribution in [3.05, 3.63) is 36.2 Å². The Morgan fingerprint density at radius 1 is 1.53 bits per heavy atom. The van der Waals surface area contributed by atoms with Gasteiger partial charge in [-0.15, -0.1) is 0 Å². The largest absolute Gasteiger partial charge is 0.478 e. The molecule has 2 aromatic rings. The Morgan fingerprint density at radius 3 is 2.95 bits per heavy atom. The topological polar surface area (TPSA) is 90.4 Å². The third kappa shape index (κ3) is 3.04. The third-order valence-corrected chi connectivity index (χ3v) is 2.55. The van der Waals surface area contributed by atoms with Crippen LogP contribution in [0.2, 0.25) is 0 Å². The van der Waals surface area contributed by atoms with E-state index < -0.39 is 5.97 Å². The number of carboxylic acid groups (broad SMARTS) is 1. The second-order valence-corrected chi connectivity index (χ2v) is 4.10. The summed E-state index contributed by atoms with van der Waals surface area (Å²) in [5.41, 5.74) is 6.17. The maximum Gasteiger partial charge on any atom is 0.335 e. The van der Waals surface area contributed by atoms with Crippen molar-refractivity contribution in [2.45, 2.75) is 19.9 Å². The standard InChI is InChI=1S/C13H15N3O3/c1-2-5-16-8-10(7-15-16)19-12-4-3-9(13(17)18)6-11(12)14/h3-4,6-8H,2,5,14H2,1H3,(H,17,18). The summed E-state index contributed by atoms with van der Waals surface area (Å²) in [4.78, 5) is 10.8. The van der Waals surface area contributed by atoms with Crippen LogP contribution in [-0.2, 0) is 6.54 Å². The van der Waals surface area contributed by atoms with E-state index in [1.54, 1.807) is 17.1 Å². The van der Waals surface area contributed by atoms with Gasteiger partial charge in [-0.2, -0.15) is 5.10 Å². The summed E-state index contributed by atoms with van der Waals surface area (Å²) in [6.45, 7) is 2.88. The minimum atomic E-state index is -1.02. The second-order valence-electron chi connectivity index (χ2n) is 4.10. The number of anilines is 1. The van der Waals surface area contributed by atoms with Crippen LogP contribution in [0.25, 0.3) is 0 Å². The lowest BCUT2D eigenvalue weighted by molar-refractivity contribution is 0.0697. The zero-order chi connectivity index (χ0) is 13.8. The van der Waals surface area contributed by atoms with Gasteiger partial charge in [0.05, 0.1) is 23.6 Å². The average molecular weight is 261 g/mol. The number of nitrogen functional groups attached to an aromatic ring is 1. The third-order valence-electron chi connectivity index (χ3n) is 2.55. The Morgan fingerprint density at radius 2 is 2.32 bits per heavy atom. The van der Waals surface area contributed by atoms with E-state index in [9.17, 15) is 4.79 Å². The lowest BCUT2D eigenvalue weighted by atomic mass is 10.2. The summed E-state index contributed by atoms with van der Waals surface area (Å²) >= 11 is 0. The maximum absolute atomic E-state index is 10.8. The number of benzene rings is 1. The molecule has 6 nitrogen and oxygen atoms in total. The Bertz CT molecular complexity index is 593. The highest BCUT2D eigenvalue weighted by molar-refractivity contribution is 5.89. The van der Waals surface area contributed by atoms with Crippen molar-refractivity contribution in [1.29, 1.82) is 0 Å². The number of aromatic nitrogens is 2. The number of aryl methyl sites for hydroxylation is 1. The molecule has 1 aromatic heterocycles. The molecule has 0 saturated carbocycles. The summed E-state index contributed by atoms with van der Waals surface area (Å²) in [6.07, 6.45) is 4.35. The number of rotatable bonds is 5. The van der Waals surface area contributed by atoms with Crippen LogP contribution in [-0.4, -0.2) is 20.9 Å². The predicted octanol–water partition coefficient (Wildman–Crippen LogP) is 2.37. The lowest BCUT2D eigenvalue weighted by Crippen LogP contribution is -1.99. The molecule has 0 aliphatic heterocycles. The van der Waals surface area contributed by atoms with Crippen molar-refractivity contribution >= 4 is 11.7 Å². The molecule has 100 valence electrons. The maximum atomic E-state index is 10.8. The molecule has 2 rings (SSSR count). The summed E-state index contributed by atoms with van der Waals surface area (Å²) < 4.78 is 7.34. The Hall–Kier alpha value is -2.50. The van der Waals surface area contributed by atoms with Gasteiger partial charge in [0.15, 0.2) is 11.5 Å². The van der Waals surface area contributed by atoms with Crippen LogP contribution >= 0.6 is 0 Å². The van der Waals surface area contributed by atoms with Crippen molar-refractivity contribution in [2.24, 2.45) is 0 Å². The van der Waals surface area contributed by atoms with Crippen LogP contribution in [0.3, 0.4) is 0 Å². The number of carbonyl (C=O) groups is 1. The van der Waals surface area contributed by atoms with Gasteiger partial charge in [-0.25, -0.2) is 4.79 Å². The molecule has 0 saturated heterocycles. The smallest absolute Gasteiger partial charge is 0.335 e. The van der Waals surface area contributed by atoms with Crippen molar-refractivity contribution < 1.29 is 14.6 Å². The van der Waals surface area contributed by atoms with Crippen molar-refractivity contribution in [3.8, 4) is 11.5 Å². The van der Waals surface area contributed by atoms with Crippen LogP contribution in [0.1, 0.15) is 23.7 Å². The molecule has 3 N–H and O–H groups in total. The predicted molar refractivity (Wildman–Crippen MR) is 70.4 cm³/mol. The molecular weight excluding hydrogens is 246 g/mol. The van der Waals surface area contributed by atoms with Crippen LogP contribution in [0.4, 0.5) is 5.69 Å². The quantitative estimate of drug-likeness (QED) is 0.806. The van der Waals surface area contributed by atoms with Gasteiger partial charge in [-0.3, -0.25) is 4.68 Å². The summed E-state index contributed by atoms with van der Waals surface area (Å²) in [5, 5.41) is 13.0. The van der Waals surface area contributed by atoms with Crippen molar-refractivity contribution in [2.75, 3.05) is 5.73 Å². The number of hydrogen-bond acceptors (Lipinski definition) is 4. The molecule has 0 aliphatic carbocycles. The monoisotopic (exact) mass is 261 g/mol. The molecular formula is C13H15N3O3. The molecule has 0 atom stereocenters. The lowest BCUT2D eigenvalue weighted by Gasteiger charge is -2.06. The number of ether oxygens (including phenoxy) is 1. The van der Waals surface area contributed by atoms with E-state index in [1.807, 2.05) is 0 Å². The van der Waals surface area contributed by atoms with Gasteiger partial charge in [0.25, 0.3) is 0 Å².